The second-order valence-corrected chi connectivity index (χ2v) is 4.25. The predicted octanol–water partition coefficient (Wildman–Crippen LogP) is 2.79. The van der Waals surface area contributed by atoms with Gasteiger partial charge in [-0.2, -0.15) is 0 Å². The van der Waals surface area contributed by atoms with Crippen molar-refractivity contribution in [3.05, 3.63) is 35.0 Å². The van der Waals surface area contributed by atoms with Crippen molar-refractivity contribution in [1.82, 2.24) is 4.98 Å². The lowest BCUT2D eigenvalue weighted by Gasteiger charge is -2.06. The first kappa shape index (κ1) is 12.1. The molecule has 0 spiro atoms. The lowest BCUT2D eigenvalue weighted by Crippen LogP contribution is -2.01. The Bertz CT molecular complexity index is 528. The van der Waals surface area contributed by atoms with E-state index in [0.717, 1.165) is 35.1 Å². The normalized spacial score (nSPS) is 10.8. The fourth-order valence-electron chi connectivity index (χ4n) is 1.76. The van der Waals surface area contributed by atoms with E-state index in [9.17, 15) is 0 Å². The molecular formula is C13H15ClN2O. The molecule has 1 heterocycles. The summed E-state index contributed by atoms with van der Waals surface area (Å²) in [5, 5.41) is 1.63. The molecular weight excluding hydrogens is 236 g/mol. The Balaban J connectivity index is 2.43. The molecule has 2 N–H and O–H groups in total. The summed E-state index contributed by atoms with van der Waals surface area (Å²) in [6, 6.07) is 7.86. The highest BCUT2D eigenvalue weighted by atomic mass is 35.5. The first-order valence-corrected chi connectivity index (χ1v) is 5.95. The zero-order valence-electron chi connectivity index (χ0n) is 9.74. The first-order chi connectivity index (χ1) is 8.24. The zero-order chi connectivity index (χ0) is 12.3. The maximum absolute atomic E-state index is 6.14. The molecule has 3 nitrogen and oxygen atoms in total. The molecule has 90 valence electrons. The van der Waals surface area contributed by atoms with Gasteiger partial charge in [-0.3, -0.25) is 0 Å². The lowest BCUT2D eigenvalue weighted by atomic mass is 10.1. The fourth-order valence-corrected chi connectivity index (χ4v) is 2.00. The van der Waals surface area contributed by atoms with Crippen LogP contribution in [0.4, 0.5) is 0 Å². The molecule has 0 radical (unpaired) electrons. The Labute approximate surface area is 106 Å². The number of pyridine rings is 1. The molecule has 0 aliphatic carbocycles. The van der Waals surface area contributed by atoms with E-state index in [1.165, 1.54) is 0 Å². The first-order valence-electron chi connectivity index (χ1n) is 5.58. The smallest absolute Gasteiger partial charge is 0.132 e. The van der Waals surface area contributed by atoms with E-state index in [4.69, 9.17) is 22.1 Å². The highest BCUT2D eigenvalue weighted by Crippen LogP contribution is 2.24. The van der Waals surface area contributed by atoms with Crippen LogP contribution in [0.3, 0.4) is 0 Å². The molecule has 0 aliphatic rings. The van der Waals surface area contributed by atoms with Crippen molar-refractivity contribution < 1.29 is 4.74 Å². The second kappa shape index (κ2) is 5.34. The highest BCUT2D eigenvalue weighted by Gasteiger charge is 2.05. The SMILES string of the molecule is COc1ccc2cc(CCCN)c(Cl)nc2c1. The number of nitrogens with two attached hydrogens (primary N) is 1. The minimum Gasteiger partial charge on any atom is -0.497 e. The van der Waals surface area contributed by atoms with Crippen molar-refractivity contribution >= 4 is 22.5 Å². The van der Waals surface area contributed by atoms with E-state index in [1.54, 1.807) is 7.11 Å². The molecule has 0 fully saturated rings. The molecule has 0 saturated carbocycles. The van der Waals surface area contributed by atoms with Crippen molar-refractivity contribution in [3.63, 3.8) is 0 Å². The van der Waals surface area contributed by atoms with Crippen molar-refractivity contribution in [2.45, 2.75) is 12.8 Å². The average Bonchev–Trinajstić information content (AvgIpc) is 2.35. The minimum absolute atomic E-state index is 0.555. The van der Waals surface area contributed by atoms with Crippen molar-refractivity contribution in [2.24, 2.45) is 5.73 Å². The molecule has 1 aromatic heterocycles. The standard InChI is InChI=1S/C13H15ClN2O/c1-17-11-5-4-9-7-10(3-2-6-15)13(14)16-12(9)8-11/h4-5,7-8H,2-3,6,15H2,1H3. The van der Waals surface area contributed by atoms with Gasteiger partial charge in [0.1, 0.15) is 10.9 Å². The van der Waals surface area contributed by atoms with Crippen LogP contribution in [-0.4, -0.2) is 18.6 Å². The number of aryl methyl sites for hydroxylation is 1. The van der Waals surface area contributed by atoms with Gasteiger partial charge < -0.3 is 10.5 Å². The summed E-state index contributed by atoms with van der Waals surface area (Å²) in [4.78, 5) is 4.38. The number of hydrogen-bond acceptors (Lipinski definition) is 3. The number of fused-ring (bicyclic) bond motifs is 1. The third-order valence-electron chi connectivity index (χ3n) is 2.70. The number of aromatic nitrogens is 1. The summed E-state index contributed by atoms with van der Waals surface area (Å²) >= 11 is 6.14. The van der Waals surface area contributed by atoms with Crippen LogP contribution < -0.4 is 10.5 Å². The minimum atomic E-state index is 0.555. The van der Waals surface area contributed by atoms with Gasteiger partial charge in [0.2, 0.25) is 0 Å². The Morgan fingerprint density at radius 3 is 2.88 bits per heavy atom. The monoisotopic (exact) mass is 250 g/mol. The number of ether oxygens (including phenoxy) is 1. The Kier molecular flexibility index (Phi) is 3.82. The molecule has 2 rings (SSSR count). The second-order valence-electron chi connectivity index (χ2n) is 3.89. The molecule has 0 bridgehead atoms. The zero-order valence-corrected chi connectivity index (χ0v) is 10.5. The maximum atomic E-state index is 6.14. The molecule has 0 amide bonds. The van der Waals surface area contributed by atoms with Crippen LogP contribution >= 0.6 is 11.6 Å². The molecule has 0 saturated heterocycles. The van der Waals surface area contributed by atoms with E-state index < -0.39 is 0 Å². The van der Waals surface area contributed by atoms with Crippen molar-refractivity contribution in [1.29, 1.82) is 0 Å². The third-order valence-corrected chi connectivity index (χ3v) is 3.03. The van der Waals surface area contributed by atoms with Gasteiger partial charge in [0.25, 0.3) is 0 Å². The van der Waals surface area contributed by atoms with Crippen LogP contribution in [0.5, 0.6) is 5.75 Å². The van der Waals surface area contributed by atoms with Crippen LogP contribution in [-0.2, 0) is 6.42 Å². The summed E-state index contributed by atoms with van der Waals surface area (Å²) in [5.41, 5.74) is 7.40. The van der Waals surface area contributed by atoms with Gasteiger partial charge in [-0.1, -0.05) is 11.6 Å². The largest absolute Gasteiger partial charge is 0.497 e. The molecule has 17 heavy (non-hydrogen) atoms. The summed E-state index contributed by atoms with van der Waals surface area (Å²) in [6.45, 7) is 0.664. The molecule has 1 aromatic carbocycles. The lowest BCUT2D eigenvalue weighted by molar-refractivity contribution is 0.415. The maximum Gasteiger partial charge on any atom is 0.132 e. The van der Waals surface area contributed by atoms with E-state index in [0.29, 0.717) is 11.7 Å². The average molecular weight is 251 g/mol. The Morgan fingerprint density at radius 2 is 2.18 bits per heavy atom. The molecule has 0 unspecified atom stereocenters. The van der Waals surface area contributed by atoms with Crippen molar-refractivity contribution in [2.75, 3.05) is 13.7 Å². The van der Waals surface area contributed by atoms with Gasteiger partial charge in [0, 0.05) is 11.5 Å². The highest BCUT2D eigenvalue weighted by molar-refractivity contribution is 6.30. The molecule has 0 atom stereocenters. The fraction of sp³-hybridized carbons (Fsp3) is 0.308. The number of methoxy groups -OCH3 is 1. The third kappa shape index (κ3) is 2.68. The summed E-state index contributed by atoms with van der Waals surface area (Å²) in [5.74, 6) is 0.788. The van der Waals surface area contributed by atoms with Crippen LogP contribution in [0.2, 0.25) is 5.15 Å². The van der Waals surface area contributed by atoms with Crippen LogP contribution in [0.1, 0.15) is 12.0 Å². The van der Waals surface area contributed by atoms with Crippen LogP contribution in [0.25, 0.3) is 10.9 Å². The topological polar surface area (TPSA) is 48.1 Å². The quantitative estimate of drug-likeness (QED) is 0.849. The van der Waals surface area contributed by atoms with Gasteiger partial charge in [-0.25, -0.2) is 4.98 Å². The number of benzene rings is 1. The van der Waals surface area contributed by atoms with E-state index in [-0.39, 0.29) is 0 Å². The van der Waals surface area contributed by atoms with Gasteiger partial charge >= 0.3 is 0 Å². The van der Waals surface area contributed by atoms with Gasteiger partial charge in [0.05, 0.1) is 12.6 Å². The van der Waals surface area contributed by atoms with Crippen molar-refractivity contribution in [3.8, 4) is 5.75 Å². The number of hydrogen-bond donors (Lipinski definition) is 1. The van der Waals surface area contributed by atoms with E-state index in [1.807, 2.05) is 18.2 Å². The number of nitrogens with zero attached hydrogens (tertiary/aromatic N) is 1. The van der Waals surface area contributed by atoms with Crippen LogP contribution in [0.15, 0.2) is 24.3 Å². The van der Waals surface area contributed by atoms with E-state index in [2.05, 4.69) is 11.1 Å². The summed E-state index contributed by atoms with van der Waals surface area (Å²) in [7, 11) is 1.64. The molecule has 2 aromatic rings. The number of rotatable bonds is 4. The van der Waals surface area contributed by atoms with Crippen LogP contribution in [0, 0.1) is 0 Å². The van der Waals surface area contributed by atoms with Gasteiger partial charge in [0.15, 0.2) is 0 Å². The van der Waals surface area contributed by atoms with Gasteiger partial charge in [-0.15, -0.1) is 0 Å². The van der Waals surface area contributed by atoms with E-state index >= 15 is 0 Å². The summed E-state index contributed by atoms with van der Waals surface area (Å²) in [6.07, 6.45) is 1.79. The summed E-state index contributed by atoms with van der Waals surface area (Å²) < 4.78 is 5.16. The number of halogens is 1. The predicted molar refractivity (Wildman–Crippen MR) is 70.7 cm³/mol. The molecule has 0 aliphatic heterocycles. The molecule has 4 heteroatoms. The Morgan fingerprint density at radius 1 is 1.35 bits per heavy atom. The Hall–Kier alpha value is -1.32. The van der Waals surface area contributed by atoms with Gasteiger partial charge in [-0.05, 0) is 43.1 Å².